The van der Waals surface area contributed by atoms with Gasteiger partial charge in [0.15, 0.2) is 10.9 Å². The molecule has 1 aliphatic carbocycles. The number of aromatic amines is 1. The molecule has 1 aromatic carbocycles. The number of rotatable bonds is 5. The summed E-state index contributed by atoms with van der Waals surface area (Å²) in [5.41, 5.74) is 2.86. The molecular weight excluding hydrogens is 382 g/mol. The van der Waals surface area contributed by atoms with Gasteiger partial charge in [0.1, 0.15) is 5.82 Å². The normalized spacial score (nSPS) is 20.1. The molecule has 1 atom stereocenters. The Morgan fingerprint density at radius 1 is 1.17 bits per heavy atom. The summed E-state index contributed by atoms with van der Waals surface area (Å²) in [5, 5.41) is 4.00. The minimum atomic E-state index is -0.378. The van der Waals surface area contributed by atoms with Gasteiger partial charge in [-0.25, -0.2) is 4.98 Å². The summed E-state index contributed by atoms with van der Waals surface area (Å²) in [6.07, 6.45) is 3.43. The highest BCUT2D eigenvalue weighted by atomic mass is 32.2. The first-order chi connectivity index (χ1) is 13.9. The average molecular weight is 410 g/mol. The first kappa shape index (κ1) is 20.0. The van der Waals surface area contributed by atoms with E-state index in [4.69, 9.17) is 4.98 Å². The highest BCUT2D eigenvalue weighted by molar-refractivity contribution is 7.99. The van der Waals surface area contributed by atoms with Gasteiger partial charge in [0, 0.05) is 29.4 Å². The summed E-state index contributed by atoms with van der Waals surface area (Å²) >= 11 is 1.57. The number of nitrogens with zero attached hydrogens (tertiary/aromatic N) is 1. The predicted octanol–water partition coefficient (Wildman–Crippen LogP) is 4.86. The summed E-state index contributed by atoms with van der Waals surface area (Å²) in [6, 6.07) is 9.82. The van der Waals surface area contributed by atoms with Crippen LogP contribution in [0.2, 0.25) is 0 Å². The molecule has 1 unspecified atom stereocenters. The third kappa shape index (κ3) is 3.90. The number of carbonyl (C=O) groups excluding carboxylic acids is 1. The van der Waals surface area contributed by atoms with Crippen molar-refractivity contribution in [3.8, 4) is 0 Å². The van der Waals surface area contributed by atoms with Gasteiger partial charge in [0.25, 0.3) is 5.56 Å². The summed E-state index contributed by atoms with van der Waals surface area (Å²) < 4.78 is 0. The Morgan fingerprint density at radius 3 is 2.66 bits per heavy atom. The van der Waals surface area contributed by atoms with Crippen molar-refractivity contribution >= 4 is 23.4 Å². The van der Waals surface area contributed by atoms with Crippen LogP contribution in [-0.2, 0) is 4.79 Å². The second kappa shape index (κ2) is 7.82. The average Bonchev–Trinajstić information content (AvgIpc) is 2.66. The smallest absolute Gasteiger partial charge is 0.257 e. The lowest BCUT2D eigenvalue weighted by molar-refractivity contribution is -0.118. The standard InChI is InChI=1S/C23H27N3O2S/c1-4-5-11-29-22-25-20-19(21(28)26-22)17(14-9-7-6-8-10-14)18-15(24-20)12-23(2,3)13-16(18)27/h6-10,17H,4-5,11-13H2,1-3H3,(H2,24,25,26,28). The predicted molar refractivity (Wildman–Crippen MR) is 117 cm³/mol. The van der Waals surface area contributed by atoms with Crippen LogP contribution in [0.3, 0.4) is 0 Å². The zero-order valence-corrected chi connectivity index (χ0v) is 18.0. The second-order valence-electron chi connectivity index (χ2n) is 8.64. The Balaban J connectivity index is 1.85. The van der Waals surface area contributed by atoms with Gasteiger partial charge in [-0.2, -0.15) is 0 Å². The highest BCUT2D eigenvalue weighted by Crippen LogP contribution is 2.47. The number of nitrogens with one attached hydrogen (secondary N) is 2. The van der Waals surface area contributed by atoms with Crippen molar-refractivity contribution < 1.29 is 4.79 Å². The van der Waals surface area contributed by atoms with Crippen molar-refractivity contribution in [3.05, 3.63) is 63.1 Å². The minimum Gasteiger partial charge on any atom is -0.343 e. The molecule has 152 valence electrons. The monoisotopic (exact) mass is 409 g/mol. The van der Waals surface area contributed by atoms with Crippen LogP contribution in [-0.4, -0.2) is 21.5 Å². The Kier molecular flexibility index (Phi) is 5.38. The Morgan fingerprint density at radius 2 is 1.93 bits per heavy atom. The first-order valence-corrected chi connectivity index (χ1v) is 11.2. The molecule has 0 bridgehead atoms. The molecule has 2 heterocycles. The number of H-pyrrole nitrogens is 1. The van der Waals surface area contributed by atoms with Crippen LogP contribution >= 0.6 is 11.8 Å². The molecule has 0 saturated carbocycles. The number of aromatic nitrogens is 2. The summed E-state index contributed by atoms with van der Waals surface area (Å²) in [5.74, 6) is 1.24. The van der Waals surface area contributed by atoms with E-state index < -0.39 is 0 Å². The molecule has 2 aromatic rings. The minimum absolute atomic E-state index is 0.110. The molecule has 0 amide bonds. The summed E-state index contributed by atoms with van der Waals surface area (Å²) in [7, 11) is 0. The van der Waals surface area contributed by atoms with Gasteiger partial charge in [-0.3, -0.25) is 9.59 Å². The lowest BCUT2D eigenvalue weighted by atomic mass is 9.69. The fraction of sp³-hybridized carbons (Fsp3) is 0.435. The maximum absolute atomic E-state index is 13.2. The van der Waals surface area contributed by atoms with Gasteiger partial charge in [0.05, 0.1) is 5.56 Å². The fourth-order valence-electron chi connectivity index (χ4n) is 4.25. The van der Waals surface area contributed by atoms with E-state index in [1.54, 1.807) is 11.8 Å². The molecule has 0 saturated heterocycles. The highest BCUT2D eigenvalue weighted by Gasteiger charge is 2.42. The van der Waals surface area contributed by atoms with Gasteiger partial charge < -0.3 is 10.3 Å². The van der Waals surface area contributed by atoms with Crippen LogP contribution in [0, 0.1) is 5.41 Å². The SMILES string of the molecule is CCCCSc1nc2c(c(=O)[nH]1)C(c1ccccc1)C1=C(CC(C)(C)CC1=O)N2. The molecule has 1 aliphatic heterocycles. The number of Topliss-reactive ketones (excluding diaryl/α,β-unsaturated/α-hetero) is 1. The fourth-order valence-corrected chi connectivity index (χ4v) is 5.20. The molecule has 6 heteroatoms. The summed E-state index contributed by atoms with van der Waals surface area (Å²) in [6.45, 7) is 6.37. The largest absolute Gasteiger partial charge is 0.343 e. The van der Waals surface area contributed by atoms with Gasteiger partial charge in [0.2, 0.25) is 0 Å². The summed E-state index contributed by atoms with van der Waals surface area (Å²) in [4.78, 5) is 34.0. The van der Waals surface area contributed by atoms with Crippen LogP contribution in [0.1, 0.15) is 63.5 Å². The van der Waals surface area contributed by atoms with Crippen molar-refractivity contribution in [2.45, 2.75) is 57.5 Å². The van der Waals surface area contributed by atoms with E-state index in [0.717, 1.165) is 41.8 Å². The maximum atomic E-state index is 13.2. The van der Waals surface area contributed by atoms with Crippen molar-refractivity contribution in [1.29, 1.82) is 0 Å². The first-order valence-electron chi connectivity index (χ1n) is 10.2. The van der Waals surface area contributed by atoms with E-state index in [1.165, 1.54) is 0 Å². The van der Waals surface area contributed by atoms with Gasteiger partial charge in [-0.15, -0.1) is 0 Å². The van der Waals surface area contributed by atoms with Crippen LogP contribution in [0.4, 0.5) is 5.82 Å². The molecule has 2 aliphatic rings. The van der Waals surface area contributed by atoms with E-state index >= 15 is 0 Å². The maximum Gasteiger partial charge on any atom is 0.257 e. The second-order valence-corrected chi connectivity index (χ2v) is 9.72. The lowest BCUT2D eigenvalue weighted by Gasteiger charge is -2.38. The quantitative estimate of drug-likeness (QED) is 0.419. The number of benzene rings is 1. The third-order valence-electron chi connectivity index (χ3n) is 5.57. The number of hydrogen-bond acceptors (Lipinski definition) is 5. The van der Waals surface area contributed by atoms with E-state index in [9.17, 15) is 9.59 Å². The molecule has 29 heavy (non-hydrogen) atoms. The van der Waals surface area contributed by atoms with E-state index in [2.05, 4.69) is 31.1 Å². The van der Waals surface area contributed by atoms with Crippen LogP contribution in [0.25, 0.3) is 0 Å². The molecule has 0 radical (unpaired) electrons. The Bertz CT molecular complexity index is 1020. The molecular formula is C23H27N3O2S. The number of fused-ring (bicyclic) bond motifs is 1. The number of anilines is 1. The number of allylic oxidation sites excluding steroid dienone is 2. The third-order valence-corrected chi connectivity index (χ3v) is 6.53. The van der Waals surface area contributed by atoms with Crippen LogP contribution in [0.15, 0.2) is 51.6 Å². The zero-order valence-electron chi connectivity index (χ0n) is 17.2. The number of carbonyl (C=O) groups is 1. The van der Waals surface area contributed by atoms with Crippen molar-refractivity contribution in [1.82, 2.24) is 9.97 Å². The number of unbranched alkanes of at least 4 members (excludes halogenated alkanes) is 1. The number of thioether (sulfide) groups is 1. The molecule has 0 spiro atoms. The van der Waals surface area contributed by atoms with Crippen molar-refractivity contribution in [3.63, 3.8) is 0 Å². The number of ketones is 1. The van der Waals surface area contributed by atoms with E-state index in [1.807, 2.05) is 30.3 Å². The van der Waals surface area contributed by atoms with Crippen LogP contribution in [0.5, 0.6) is 0 Å². The van der Waals surface area contributed by atoms with Crippen molar-refractivity contribution in [2.24, 2.45) is 5.41 Å². The topological polar surface area (TPSA) is 74.8 Å². The molecule has 1 aromatic heterocycles. The number of hydrogen-bond donors (Lipinski definition) is 2. The van der Waals surface area contributed by atoms with E-state index in [0.29, 0.717) is 23.0 Å². The van der Waals surface area contributed by atoms with Gasteiger partial charge >= 0.3 is 0 Å². The molecule has 4 rings (SSSR count). The zero-order chi connectivity index (χ0) is 20.6. The van der Waals surface area contributed by atoms with Crippen LogP contribution < -0.4 is 10.9 Å². The molecule has 0 fully saturated rings. The Hall–Kier alpha value is -2.34. The van der Waals surface area contributed by atoms with Crippen molar-refractivity contribution in [2.75, 3.05) is 11.1 Å². The van der Waals surface area contributed by atoms with E-state index in [-0.39, 0.29) is 22.7 Å². The Labute approximate surface area is 175 Å². The molecule has 2 N–H and O–H groups in total. The molecule has 5 nitrogen and oxygen atoms in total. The van der Waals surface area contributed by atoms with Gasteiger partial charge in [-0.05, 0) is 23.8 Å². The lowest BCUT2D eigenvalue weighted by Crippen LogP contribution is -2.37. The van der Waals surface area contributed by atoms with Gasteiger partial charge in [-0.1, -0.05) is 69.3 Å².